The predicted molar refractivity (Wildman–Crippen MR) is 71.3 cm³/mol. The maximum atomic E-state index is 13.3. The Morgan fingerprint density at radius 3 is 2.95 bits per heavy atom. The van der Waals surface area contributed by atoms with Crippen LogP contribution < -0.4 is 5.73 Å². The van der Waals surface area contributed by atoms with Crippen LogP contribution in [0.15, 0.2) is 22.7 Å². The van der Waals surface area contributed by atoms with Crippen molar-refractivity contribution in [3.05, 3.63) is 29.8 Å². The molecule has 6 heteroatoms. The third-order valence-corrected chi connectivity index (χ3v) is 3.61. The molecule has 0 radical (unpaired) electrons. The molecule has 1 unspecified atom stereocenters. The molecule has 0 spiro atoms. The summed E-state index contributed by atoms with van der Waals surface area (Å²) in [6, 6.07) is 4.06. The van der Waals surface area contributed by atoms with Crippen molar-refractivity contribution in [2.24, 2.45) is 0 Å². The van der Waals surface area contributed by atoms with E-state index in [1.54, 1.807) is 0 Å². The molecule has 106 valence electrons. The van der Waals surface area contributed by atoms with E-state index in [2.05, 4.69) is 10.1 Å². The fraction of sp³-hybridized carbons (Fsp3) is 0.429. The zero-order chi connectivity index (χ0) is 14.2. The Morgan fingerprint density at radius 2 is 2.20 bits per heavy atom. The van der Waals surface area contributed by atoms with Gasteiger partial charge in [0.1, 0.15) is 11.4 Å². The molecule has 2 N–H and O–H groups in total. The van der Waals surface area contributed by atoms with Gasteiger partial charge in [-0.3, -0.25) is 0 Å². The van der Waals surface area contributed by atoms with E-state index in [0.717, 1.165) is 19.3 Å². The average Bonchev–Trinajstić information content (AvgIpc) is 2.93. The van der Waals surface area contributed by atoms with Crippen molar-refractivity contribution in [1.82, 2.24) is 10.1 Å². The van der Waals surface area contributed by atoms with Crippen molar-refractivity contribution >= 4 is 5.69 Å². The van der Waals surface area contributed by atoms with Gasteiger partial charge >= 0.3 is 0 Å². The van der Waals surface area contributed by atoms with E-state index in [-0.39, 0.29) is 5.89 Å². The largest absolute Gasteiger partial charge is 0.398 e. The second kappa shape index (κ2) is 4.86. The lowest BCUT2D eigenvalue weighted by Crippen LogP contribution is -2.31. The standard InChI is InChI=1S/C14H16FN3O2/c1-14(6-2-3-7-19-14)13-17-12(20-18-13)10-8-9(15)4-5-11(10)16/h4-5,8H,2-3,6-7,16H2,1H3. The van der Waals surface area contributed by atoms with Crippen LogP contribution in [-0.4, -0.2) is 16.7 Å². The number of hydrogen-bond donors (Lipinski definition) is 1. The molecule has 1 aromatic heterocycles. The van der Waals surface area contributed by atoms with E-state index in [1.807, 2.05) is 6.92 Å². The van der Waals surface area contributed by atoms with E-state index in [1.165, 1.54) is 18.2 Å². The number of nitrogen functional groups attached to an aromatic ring is 1. The lowest BCUT2D eigenvalue weighted by molar-refractivity contribution is -0.0770. The molecule has 0 saturated carbocycles. The highest BCUT2D eigenvalue weighted by molar-refractivity contribution is 5.70. The Morgan fingerprint density at radius 1 is 1.35 bits per heavy atom. The smallest absolute Gasteiger partial charge is 0.260 e. The monoisotopic (exact) mass is 277 g/mol. The van der Waals surface area contributed by atoms with Crippen molar-refractivity contribution in [1.29, 1.82) is 0 Å². The molecule has 1 aromatic carbocycles. The van der Waals surface area contributed by atoms with Gasteiger partial charge in [0.05, 0.1) is 5.56 Å². The summed E-state index contributed by atoms with van der Waals surface area (Å²) in [5, 5.41) is 3.97. The Labute approximate surface area is 115 Å². The summed E-state index contributed by atoms with van der Waals surface area (Å²) >= 11 is 0. The van der Waals surface area contributed by atoms with E-state index in [9.17, 15) is 4.39 Å². The van der Waals surface area contributed by atoms with Crippen LogP contribution in [0.4, 0.5) is 10.1 Å². The Bertz CT molecular complexity index is 621. The SMILES string of the molecule is CC1(c2noc(-c3cc(F)ccc3N)n2)CCCCO1. The Kier molecular flexibility index (Phi) is 3.17. The normalized spacial score (nSPS) is 22.9. The van der Waals surface area contributed by atoms with Gasteiger partial charge in [0.25, 0.3) is 5.89 Å². The Balaban J connectivity index is 1.95. The van der Waals surface area contributed by atoms with E-state index in [4.69, 9.17) is 15.0 Å². The minimum atomic E-state index is -0.540. The Hall–Kier alpha value is -1.95. The number of ether oxygens (including phenoxy) is 1. The van der Waals surface area contributed by atoms with Crippen LogP contribution in [0.25, 0.3) is 11.5 Å². The van der Waals surface area contributed by atoms with Gasteiger partial charge in [-0.15, -0.1) is 0 Å². The van der Waals surface area contributed by atoms with Crippen molar-refractivity contribution in [3.8, 4) is 11.5 Å². The van der Waals surface area contributed by atoms with Gasteiger partial charge in [-0.25, -0.2) is 4.39 Å². The van der Waals surface area contributed by atoms with Crippen LogP contribution in [0.1, 0.15) is 32.0 Å². The second-order valence-electron chi connectivity index (χ2n) is 5.19. The minimum Gasteiger partial charge on any atom is -0.398 e. The number of nitrogens with zero attached hydrogens (tertiary/aromatic N) is 2. The van der Waals surface area contributed by atoms with E-state index < -0.39 is 11.4 Å². The molecule has 1 aliphatic heterocycles. The summed E-state index contributed by atoms with van der Waals surface area (Å²) in [6.07, 6.45) is 2.93. The lowest BCUT2D eigenvalue weighted by atomic mass is 9.95. The first-order valence-electron chi connectivity index (χ1n) is 6.62. The maximum absolute atomic E-state index is 13.3. The molecule has 1 fully saturated rings. The number of rotatable bonds is 2. The van der Waals surface area contributed by atoms with Gasteiger partial charge in [-0.1, -0.05) is 5.16 Å². The quantitative estimate of drug-likeness (QED) is 0.854. The van der Waals surface area contributed by atoms with Crippen LogP contribution in [-0.2, 0) is 10.3 Å². The first-order chi connectivity index (χ1) is 9.58. The fourth-order valence-electron chi connectivity index (χ4n) is 2.37. The molecule has 1 atom stereocenters. The van der Waals surface area contributed by atoms with Gasteiger partial charge in [0, 0.05) is 12.3 Å². The lowest BCUT2D eigenvalue weighted by Gasteiger charge is -2.30. The number of aromatic nitrogens is 2. The summed E-state index contributed by atoms with van der Waals surface area (Å²) in [6.45, 7) is 2.62. The highest BCUT2D eigenvalue weighted by Crippen LogP contribution is 2.34. The van der Waals surface area contributed by atoms with Gasteiger partial charge in [0.15, 0.2) is 0 Å². The molecule has 0 aliphatic carbocycles. The topological polar surface area (TPSA) is 74.2 Å². The molecule has 0 amide bonds. The maximum Gasteiger partial charge on any atom is 0.260 e. The molecule has 1 saturated heterocycles. The van der Waals surface area contributed by atoms with Gasteiger partial charge < -0.3 is 15.0 Å². The molecular formula is C14H16FN3O2. The molecule has 5 nitrogen and oxygen atoms in total. The van der Waals surface area contributed by atoms with Crippen molar-refractivity contribution in [2.75, 3.05) is 12.3 Å². The molecule has 3 rings (SSSR count). The average molecular weight is 277 g/mol. The first kappa shape index (κ1) is 13.1. The zero-order valence-electron chi connectivity index (χ0n) is 11.2. The molecule has 2 aromatic rings. The van der Waals surface area contributed by atoms with Gasteiger partial charge in [-0.05, 0) is 44.4 Å². The highest BCUT2D eigenvalue weighted by Gasteiger charge is 2.35. The van der Waals surface area contributed by atoms with E-state index in [0.29, 0.717) is 23.7 Å². The van der Waals surface area contributed by atoms with Crippen LogP contribution in [0.5, 0.6) is 0 Å². The highest BCUT2D eigenvalue weighted by atomic mass is 19.1. The fourth-order valence-corrected chi connectivity index (χ4v) is 2.37. The summed E-state index contributed by atoms with van der Waals surface area (Å²) in [4.78, 5) is 4.33. The van der Waals surface area contributed by atoms with Crippen molar-refractivity contribution < 1.29 is 13.7 Å². The summed E-state index contributed by atoms with van der Waals surface area (Å²) in [5.74, 6) is 0.303. The number of anilines is 1. The van der Waals surface area contributed by atoms with E-state index >= 15 is 0 Å². The van der Waals surface area contributed by atoms with Gasteiger partial charge in [-0.2, -0.15) is 4.98 Å². The van der Waals surface area contributed by atoms with Crippen LogP contribution in [0, 0.1) is 5.82 Å². The third kappa shape index (κ3) is 2.27. The van der Waals surface area contributed by atoms with Gasteiger partial charge in [0.2, 0.25) is 5.82 Å². The zero-order valence-corrected chi connectivity index (χ0v) is 11.2. The number of hydrogen-bond acceptors (Lipinski definition) is 5. The molecule has 1 aliphatic rings. The first-order valence-corrected chi connectivity index (χ1v) is 6.62. The second-order valence-corrected chi connectivity index (χ2v) is 5.19. The van der Waals surface area contributed by atoms with Crippen LogP contribution in [0.2, 0.25) is 0 Å². The molecular weight excluding hydrogens is 261 g/mol. The molecule has 2 heterocycles. The van der Waals surface area contributed by atoms with Crippen molar-refractivity contribution in [3.63, 3.8) is 0 Å². The number of benzene rings is 1. The third-order valence-electron chi connectivity index (χ3n) is 3.61. The molecule has 20 heavy (non-hydrogen) atoms. The summed E-state index contributed by atoms with van der Waals surface area (Å²) in [7, 11) is 0. The minimum absolute atomic E-state index is 0.215. The summed E-state index contributed by atoms with van der Waals surface area (Å²) < 4.78 is 24.3. The van der Waals surface area contributed by atoms with Crippen LogP contribution in [0.3, 0.4) is 0 Å². The summed E-state index contributed by atoms with van der Waals surface area (Å²) in [5.41, 5.74) is 6.08. The molecule has 0 bridgehead atoms. The van der Waals surface area contributed by atoms with Crippen molar-refractivity contribution in [2.45, 2.75) is 31.8 Å². The number of halogens is 1. The predicted octanol–water partition coefficient (Wildman–Crippen LogP) is 2.87. The number of nitrogens with two attached hydrogens (primary N) is 1. The van der Waals surface area contributed by atoms with Crippen LogP contribution >= 0.6 is 0 Å².